The molecule has 3 heteroatoms. The highest BCUT2D eigenvalue weighted by molar-refractivity contribution is 5.91. The lowest BCUT2D eigenvalue weighted by Crippen LogP contribution is -2.09. The van der Waals surface area contributed by atoms with Gasteiger partial charge >= 0.3 is 0 Å². The van der Waals surface area contributed by atoms with Gasteiger partial charge in [0.1, 0.15) is 0 Å². The number of hydrazine groups is 1. The summed E-state index contributed by atoms with van der Waals surface area (Å²) in [7, 11) is 0. The Bertz CT molecular complexity index is 600. The van der Waals surface area contributed by atoms with E-state index in [1.807, 2.05) is 0 Å². The normalized spacial score (nSPS) is 15.9. The van der Waals surface area contributed by atoms with Crippen molar-refractivity contribution in [2.24, 2.45) is 5.84 Å². The van der Waals surface area contributed by atoms with Crippen LogP contribution in [0, 0.1) is 0 Å². The van der Waals surface area contributed by atoms with Crippen LogP contribution in [-0.4, -0.2) is 4.98 Å². The second kappa shape index (κ2) is 5.80. The molecule has 1 saturated carbocycles. The molecule has 3 N–H and O–H groups in total. The van der Waals surface area contributed by atoms with Crippen LogP contribution >= 0.6 is 0 Å². The van der Waals surface area contributed by atoms with E-state index in [4.69, 9.17) is 10.8 Å². The van der Waals surface area contributed by atoms with E-state index in [-0.39, 0.29) is 0 Å². The van der Waals surface area contributed by atoms with Crippen molar-refractivity contribution in [3.63, 3.8) is 0 Å². The van der Waals surface area contributed by atoms with Gasteiger partial charge in [0.05, 0.1) is 11.2 Å². The Balaban J connectivity index is 2.06. The first-order valence-corrected chi connectivity index (χ1v) is 7.72. The maximum Gasteiger partial charge on any atom is 0.0726 e. The average Bonchev–Trinajstić information content (AvgIpc) is 3.00. The lowest BCUT2D eigenvalue weighted by Gasteiger charge is -2.14. The highest BCUT2D eigenvalue weighted by Crippen LogP contribution is 2.36. The molecule has 0 atom stereocenters. The van der Waals surface area contributed by atoms with Crippen molar-refractivity contribution in [2.45, 2.75) is 51.4 Å². The Morgan fingerprint density at radius 1 is 1.25 bits per heavy atom. The Hall–Kier alpha value is -1.61. The quantitative estimate of drug-likeness (QED) is 0.648. The molecule has 1 aliphatic rings. The molecule has 20 heavy (non-hydrogen) atoms. The van der Waals surface area contributed by atoms with Gasteiger partial charge in [0.2, 0.25) is 0 Å². The molecule has 3 nitrogen and oxygen atoms in total. The van der Waals surface area contributed by atoms with Gasteiger partial charge in [-0.2, -0.15) is 0 Å². The topological polar surface area (TPSA) is 50.9 Å². The van der Waals surface area contributed by atoms with Crippen LogP contribution in [0.4, 0.5) is 5.69 Å². The molecule has 1 aromatic carbocycles. The van der Waals surface area contributed by atoms with Crippen molar-refractivity contribution < 1.29 is 0 Å². The molecule has 0 spiro atoms. The van der Waals surface area contributed by atoms with Crippen LogP contribution in [0.1, 0.15) is 56.2 Å². The standard InChI is InChI=1S/C17H23N3/c1-2-5-12-8-9-15-14(10-12)17(20-18)11-16(19-15)13-6-3-4-7-13/h8-11,13H,2-7,18H2,1H3,(H,19,20). The molecule has 1 fully saturated rings. The lowest BCUT2D eigenvalue weighted by molar-refractivity contribution is 0.701. The summed E-state index contributed by atoms with van der Waals surface area (Å²) < 4.78 is 0. The van der Waals surface area contributed by atoms with Gasteiger partial charge in [-0.3, -0.25) is 10.8 Å². The second-order valence-electron chi connectivity index (χ2n) is 5.82. The summed E-state index contributed by atoms with van der Waals surface area (Å²) in [4.78, 5) is 4.87. The molecule has 0 unspecified atom stereocenters. The van der Waals surface area contributed by atoms with Crippen LogP contribution in [0.5, 0.6) is 0 Å². The number of aromatic nitrogens is 1. The fraction of sp³-hybridized carbons (Fsp3) is 0.471. The number of rotatable bonds is 4. The summed E-state index contributed by atoms with van der Waals surface area (Å²) in [5, 5.41) is 1.14. The minimum atomic E-state index is 0.613. The van der Waals surface area contributed by atoms with Crippen LogP contribution in [0.2, 0.25) is 0 Å². The first-order chi connectivity index (χ1) is 9.81. The molecular formula is C17H23N3. The van der Waals surface area contributed by atoms with E-state index in [9.17, 15) is 0 Å². The van der Waals surface area contributed by atoms with Crippen LogP contribution in [0.15, 0.2) is 24.3 Å². The maximum atomic E-state index is 5.73. The van der Waals surface area contributed by atoms with Crippen LogP contribution in [-0.2, 0) is 6.42 Å². The Labute approximate surface area is 120 Å². The molecule has 106 valence electrons. The highest BCUT2D eigenvalue weighted by Gasteiger charge is 2.19. The molecule has 0 aliphatic heterocycles. The first-order valence-electron chi connectivity index (χ1n) is 7.72. The van der Waals surface area contributed by atoms with E-state index >= 15 is 0 Å². The number of nitrogens with two attached hydrogens (primary N) is 1. The van der Waals surface area contributed by atoms with Crippen molar-refractivity contribution in [2.75, 3.05) is 5.43 Å². The molecule has 2 aromatic rings. The number of aryl methyl sites for hydroxylation is 1. The summed E-state index contributed by atoms with van der Waals surface area (Å²) in [6.45, 7) is 2.20. The molecule has 0 amide bonds. The highest BCUT2D eigenvalue weighted by atomic mass is 15.2. The van der Waals surface area contributed by atoms with Crippen molar-refractivity contribution >= 4 is 16.6 Å². The molecule has 1 aliphatic carbocycles. The van der Waals surface area contributed by atoms with Gasteiger partial charge in [0, 0.05) is 17.0 Å². The van der Waals surface area contributed by atoms with Gasteiger partial charge in [-0.05, 0) is 43.0 Å². The lowest BCUT2D eigenvalue weighted by atomic mass is 10.00. The van der Waals surface area contributed by atoms with Gasteiger partial charge in [0.15, 0.2) is 0 Å². The number of hydrogen-bond donors (Lipinski definition) is 2. The zero-order chi connectivity index (χ0) is 13.9. The Morgan fingerprint density at radius 3 is 2.75 bits per heavy atom. The minimum absolute atomic E-state index is 0.613. The SMILES string of the molecule is CCCc1ccc2nc(C3CCCC3)cc(NN)c2c1. The van der Waals surface area contributed by atoms with E-state index < -0.39 is 0 Å². The summed E-state index contributed by atoms with van der Waals surface area (Å²) >= 11 is 0. The van der Waals surface area contributed by atoms with Gasteiger partial charge in [-0.15, -0.1) is 0 Å². The summed E-state index contributed by atoms with van der Waals surface area (Å²) in [6.07, 6.45) is 7.43. The van der Waals surface area contributed by atoms with Crippen molar-refractivity contribution in [1.82, 2.24) is 4.98 Å². The number of nitrogen functional groups attached to an aromatic ring is 1. The van der Waals surface area contributed by atoms with Gasteiger partial charge in [-0.1, -0.05) is 32.3 Å². The zero-order valence-corrected chi connectivity index (χ0v) is 12.2. The number of pyridine rings is 1. The van der Waals surface area contributed by atoms with Crippen molar-refractivity contribution in [1.29, 1.82) is 0 Å². The molecule has 1 heterocycles. The molecular weight excluding hydrogens is 246 g/mol. The Kier molecular flexibility index (Phi) is 3.88. The largest absolute Gasteiger partial charge is 0.323 e. The van der Waals surface area contributed by atoms with E-state index in [1.165, 1.54) is 36.9 Å². The maximum absolute atomic E-state index is 5.73. The smallest absolute Gasteiger partial charge is 0.0726 e. The summed E-state index contributed by atoms with van der Waals surface area (Å²) in [6, 6.07) is 8.70. The minimum Gasteiger partial charge on any atom is -0.323 e. The monoisotopic (exact) mass is 269 g/mol. The molecule has 0 radical (unpaired) electrons. The van der Waals surface area contributed by atoms with Gasteiger partial charge in [-0.25, -0.2) is 0 Å². The van der Waals surface area contributed by atoms with Crippen molar-refractivity contribution in [3.05, 3.63) is 35.5 Å². The fourth-order valence-corrected chi connectivity index (χ4v) is 3.29. The number of nitrogens with zero attached hydrogens (tertiary/aromatic N) is 1. The van der Waals surface area contributed by atoms with E-state index in [2.05, 4.69) is 36.6 Å². The molecule has 0 bridgehead atoms. The van der Waals surface area contributed by atoms with Crippen molar-refractivity contribution in [3.8, 4) is 0 Å². The number of fused-ring (bicyclic) bond motifs is 1. The number of hydrogen-bond acceptors (Lipinski definition) is 3. The summed E-state index contributed by atoms with van der Waals surface area (Å²) in [5.41, 5.74) is 7.48. The fourth-order valence-electron chi connectivity index (χ4n) is 3.29. The average molecular weight is 269 g/mol. The third-order valence-electron chi connectivity index (χ3n) is 4.36. The van der Waals surface area contributed by atoms with Crippen LogP contribution in [0.3, 0.4) is 0 Å². The Morgan fingerprint density at radius 2 is 2.05 bits per heavy atom. The van der Waals surface area contributed by atoms with Crippen LogP contribution < -0.4 is 11.3 Å². The van der Waals surface area contributed by atoms with Gasteiger partial charge < -0.3 is 5.43 Å². The molecule has 1 aromatic heterocycles. The number of nitrogens with one attached hydrogen (secondary N) is 1. The molecule has 3 rings (SSSR count). The van der Waals surface area contributed by atoms with Crippen LogP contribution in [0.25, 0.3) is 10.9 Å². The number of anilines is 1. The van der Waals surface area contributed by atoms with E-state index in [0.717, 1.165) is 29.4 Å². The van der Waals surface area contributed by atoms with E-state index in [1.54, 1.807) is 0 Å². The van der Waals surface area contributed by atoms with Gasteiger partial charge in [0.25, 0.3) is 0 Å². The van der Waals surface area contributed by atoms with E-state index in [0.29, 0.717) is 5.92 Å². The first kappa shape index (κ1) is 13.4. The third-order valence-corrected chi connectivity index (χ3v) is 4.36. The predicted octanol–water partition coefficient (Wildman–Crippen LogP) is 4.13. The third kappa shape index (κ3) is 2.50. The second-order valence-corrected chi connectivity index (χ2v) is 5.82. The predicted molar refractivity (Wildman–Crippen MR) is 84.8 cm³/mol. The molecule has 0 saturated heterocycles. The number of benzene rings is 1. The zero-order valence-electron chi connectivity index (χ0n) is 12.2. The summed E-state index contributed by atoms with van der Waals surface area (Å²) in [5.74, 6) is 6.34.